The molecule has 0 saturated heterocycles. The second-order valence-corrected chi connectivity index (χ2v) is 6.47. The van der Waals surface area contributed by atoms with E-state index in [0.29, 0.717) is 10.0 Å². The van der Waals surface area contributed by atoms with Crippen LogP contribution in [0.4, 0.5) is 0 Å². The van der Waals surface area contributed by atoms with Gasteiger partial charge in [0.05, 0.1) is 10.2 Å². The largest absolute Gasteiger partial charge is 0.347 e. The first kappa shape index (κ1) is 12.3. The number of nitrogens with zero attached hydrogens (tertiary/aromatic N) is 1. The van der Waals surface area contributed by atoms with Gasteiger partial charge in [0, 0.05) is 11.1 Å². The minimum atomic E-state index is -0.239. The molecule has 0 aliphatic rings. The number of fused-ring (bicyclic) bond motifs is 1. The van der Waals surface area contributed by atoms with Crippen LogP contribution in [0.25, 0.3) is 10.2 Å². The van der Waals surface area contributed by atoms with E-state index >= 15 is 0 Å². The first-order valence-corrected chi connectivity index (χ1v) is 6.43. The third-order valence-corrected chi connectivity index (χ3v) is 3.24. The molecule has 0 saturated carbocycles. The average molecular weight is 269 g/mol. The lowest BCUT2D eigenvalue weighted by Gasteiger charge is -2.20. The maximum atomic E-state index is 12.0. The summed E-state index contributed by atoms with van der Waals surface area (Å²) < 4.78 is 1.42. The fraction of sp³-hybridized carbons (Fsp3) is 0.333. The van der Waals surface area contributed by atoms with Gasteiger partial charge in [0.1, 0.15) is 0 Å². The molecule has 0 aliphatic carbocycles. The number of benzene rings is 1. The number of halogens is 1. The molecule has 17 heavy (non-hydrogen) atoms. The van der Waals surface area contributed by atoms with E-state index in [1.807, 2.05) is 32.9 Å². The van der Waals surface area contributed by atoms with E-state index < -0.39 is 0 Å². The standard InChI is InChI=1S/C12H13ClN2OS/c1-12(2,3)15-10(16)7-4-5-8-9(6-7)17-11(13)14-8/h4-6H,1-3H3,(H,15,16). The first-order chi connectivity index (χ1) is 7.85. The van der Waals surface area contributed by atoms with Crippen molar-refractivity contribution < 1.29 is 4.79 Å². The molecule has 0 fully saturated rings. The molecular formula is C12H13ClN2OS. The molecule has 1 aromatic heterocycles. The topological polar surface area (TPSA) is 42.0 Å². The van der Waals surface area contributed by atoms with Crippen molar-refractivity contribution in [3.05, 3.63) is 28.2 Å². The number of hydrogen-bond donors (Lipinski definition) is 1. The zero-order valence-corrected chi connectivity index (χ0v) is 11.4. The van der Waals surface area contributed by atoms with Crippen LogP contribution in [-0.2, 0) is 0 Å². The summed E-state index contributed by atoms with van der Waals surface area (Å²) in [5.74, 6) is -0.0797. The van der Waals surface area contributed by atoms with Gasteiger partial charge in [-0.2, -0.15) is 0 Å². The van der Waals surface area contributed by atoms with Crippen LogP contribution in [0.15, 0.2) is 18.2 Å². The molecule has 90 valence electrons. The van der Waals surface area contributed by atoms with Crippen molar-refractivity contribution in [2.24, 2.45) is 0 Å². The highest BCUT2D eigenvalue weighted by atomic mass is 35.5. The number of nitrogens with one attached hydrogen (secondary N) is 1. The lowest BCUT2D eigenvalue weighted by atomic mass is 10.1. The maximum absolute atomic E-state index is 12.0. The van der Waals surface area contributed by atoms with Crippen LogP contribution in [0.5, 0.6) is 0 Å². The molecule has 1 N–H and O–H groups in total. The summed E-state index contributed by atoms with van der Waals surface area (Å²) in [5, 5.41) is 2.92. The van der Waals surface area contributed by atoms with E-state index in [-0.39, 0.29) is 11.4 Å². The monoisotopic (exact) mass is 268 g/mol. The Morgan fingerprint density at radius 3 is 2.76 bits per heavy atom. The van der Waals surface area contributed by atoms with Crippen LogP contribution in [0, 0.1) is 0 Å². The molecule has 0 radical (unpaired) electrons. The summed E-state index contributed by atoms with van der Waals surface area (Å²) in [6.45, 7) is 5.85. The van der Waals surface area contributed by atoms with Gasteiger partial charge in [-0.15, -0.1) is 11.3 Å². The van der Waals surface area contributed by atoms with E-state index in [1.54, 1.807) is 6.07 Å². The number of amides is 1. The van der Waals surface area contributed by atoms with Crippen LogP contribution in [0.1, 0.15) is 31.1 Å². The summed E-state index contributed by atoms with van der Waals surface area (Å²) in [6.07, 6.45) is 0. The molecular weight excluding hydrogens is 256 g/mol. The van der Waals surface area contributed by atoms with Crippen molar-refractivity contribution in [3.8, 4) is 0 Å². The SMILES string of the molecule is CC(C)(C)NC(=O)c1ccc2nc(Cl)sc2c1. The van der Waals surface area contributed by atoms with Crippen LogP contribution in [0.2, 0.25) is 4.47 Å². The fourth-order valence-corrected chi connectivity index (χ4v) is 2.52. The van der Waals surface area contributed by atoms with Crippen molar-refractivity contribution in [1.29, 1.82) is 0 Å². The van der Waals surface area contributed by atoms with Crippen LogP contribution >= 0.6 is 22.9 Å². The third kappa shape index (κ3) is 2.96. The smallest absolute Gasteiger partial charge is 0.251 e. The molecule has 0 aliphatic heterocycles. The molecule has 2 rings (SSSR count). The van der Waals surface area contributed by atoms with Crippen molar-refractivity contribution >= 4 is 39.1 Å². The number of thiazole rings is 1. The van der Waals surface area contributed by atoms with Gasteiger partial charge >= 0.3 is 0 Å². The highest BCUT2D eigenvalue weighted by molar-refractivity contribution is 7.22. The van der Waals surface area contributed by atoms with E-state index in [4.69, 9.17) is 11.6 Å². The Balaban J connectivity index is 2.33. The Labute approximate surface area is 109 Å². The van der Waals surface area contributed by atoms with E-state index in [1.165, 1.54) is 11.3 Å². The van der Waals surface area contributed by atoms with Crippen molar-refractivity contribution in [2.45, 2.75) is 26.3 Å². The van der Waals surface area contributed by atoms with Gasteiger partial charge in [0.15, 0.2) is 4.47 Å². The van der Waals surface area contributed by atoms with E-state index in [2.05, 4.69) is 10.3 Å². The molecule has 0 bridgehead atoms. The Morgan fingerprint density at radius 1 is 1.41 bits per heavy atom. The summed E-state index contributed by atoms with van der Waals surface area (Å²) in [5.41, 5.74) is 1.22. The number of aromatic nitrogens is 1. The predicted octanol–water partition coefficient (Wildman–Crippen LogP) is 3.48. The molecule has 5 heteroatoms. The quantitative estimate of drug-likeness (QED) is 0.860. The van der Waals surface area contributed by atoms with Gasteiger partial charge in [-0.25, -0.2) is 4.98 Å². The van der Waals surface area contributed by atoms with Gasteiger partial charge in [0.2, 0.25) is 0 Å². The predicted molar refractivity (Wildman–Crippen MR) is 71.8 cm³/mol. The minimum absolute atomic E-state index is 0.0797. The minimum Gasteiger partial charge on any atom is -0.347 e. The molecule has 0 atom stereocenters. The van der Waals surface area contributed by atoms with Crippen LogP contribution in [0.3, 0.4) is 0 Å². The van der Waals surface area contributed by atoms with Crippen molar-refractivity contribution in [2.75, 3.05) is 0 Å². The highest BCUT2D eigenvalue weighted by Gasteiger charge is 2.15. The van der Waals surface area contributed by atoms with Crippen LogP contribution < -0.4 is 5.32 Å². The van der Waals surface area contributed by atoms with E-state index in [0.717, 1.165) is 10.2 Å². The number of hydrogen-bond acceptors (Lipinski definition) is 3. The van der Waals surface area contributed by atoms with Gasteiger partial charge in [-0.05, 0) is 39.0 Å². The Morgan fingerprint density at radius 2 is 2.12 bits per heavy atom. The molecule has 2 aromatic rings. The van der Waals surface area contributed by atoms with Gasteiger partial charge in [-0.1, -0.05) is 11.6 Å². The summed E-state index contributed by atoms with van der Waals surface area (Å²) in [6, 6.07) is 5.40. The first-order valence-electron chi connectivity index (χ1n) is 5.24. The summed E-state index contributed by atoms with van der Waals surface area (Å²) >= 11 is 7.20. The second kappa shape index (κ2) is 4.27. The Hall–Kier alpha value is -1.13. The number of carbonyl (C=O) groups excluding carboxylic acids is 1. The molecule has 0 unspecified atom stereocenters. The lowest BCUT2D eigenvalue weighted by molar-refractivity contribution is 0.0919. The Bertz CT molecular complexity index is 571. The molecule has 3 nitrogen and oxygen atoms in total. The number of rotatable bonds is 1. The van der Waals surface area contributed by atoms with Gasteiger partial charge in [0.25, 0.3) is 5.91 Å². The zero-order chi connectivity index (χ0) is 12.6. The number of carbonyl (C=O) groups is 1. The normalized spacial score (nSPS) is 11.8. The molecule has 1 aromatic carbocycles. The third-order valence-electron chi connectivity index (χ3n) is 2.11. The fourth-order valence-electron chi connectivity index (χ4n) is 1.45. The average Bonchev–Trinajstić information content (AvgIpc) is 2.53. The molecule has 1 heterocycles. The molecule has 1 amide bonds. The van der Waals surface area contributed by atoms with Gasteiger partial charge in [-0.3, -0.25) is 4.79 Å². The Kier molecular flexibility index (Phi) is 3.10. The summed E-state index contributed by atoms with van der Waals surface area (Å²) in [4.78, 5) is 16.1. The van der Waals surface area contributed by atoms with E-state index in [9.17, 15) is 4.79 Å². The molecule has 0 spiro atoms. The van der Waals surface area contributed by atoms with Crippen molar-refractivity contribution in [3.63, 3.8) is 0 Å². The summed E-state index contributed by atoms with van der Waals surface area (Å²) in [7, 11) is 0. The van der Waals surface area contributed by atoms with Crippen molar-refractivity contribution in [1.82, 2.24) is 10.3 Å². The zero-order valence-electron chi connectivity index (χ0n) is 9.87. The van der Waals surface area contributed by atoms with Crippen LogP contribution in [-0.4, -0.2) is 16.4 Å². The maximum Gasteiger partial charge on any atom is 0.251 e. The van der Waals surface area contributed by atoms with Gasteiger partial charge < -0.3 is 5.32 Å². The second-order valence-electron chi connectivity index (χ2n) is 4.85. The highest BCUT2D eigenvalue weighted by Crippen LogP contribution is 2.26. The lowest BCUT2D eigenvalue weighted by Crippen LogP contribution is -2.40.